The van der Waals surface area contributed by atoms with Gasteiger partial charge in [-0.15, -0.1) is 0 Å². The summed E-state index contributed by atoms with van der Waals surface area (Å²) in [6.45, 7) is 8.24. The zero-order valence-corrected chi connectivity index (χ0v) is 10.3. The molecule has 0 atom stereocenters. The van der Waals surface area contributed by atoms with Crippen LogP contribution < -0.4 is 11.1 Å². The Hall–Kier alpha value is -0.813. The Bertz CT molecular complexity index is 199. The van der Waals surface area contributed by atoms with E-state index in [0.717, 1.165) is 6.61 Å². The summed E-state index contributed by atoms with van der Waals surface area (Å²) in [7, 11) is -0.968. The van der Waals surface area contributed by atoms with Crippen LogP contribution in [0.15, 0.2) is 12.3 Å². The molecule has 0 heterocycles. The highest BCUT2D eigenvalue weighted by Gasteiger charge is 2.11. The van der Waals surface area contributed by atoms with E-state index in [-0.39, 0.29) is 5.84 Å². The van der Waals surface area contributed by atoms with Crippen LogP contribution in [0, 0.1) is 5.41 Å². The second kappa shape index (κ2) is 6.61. The molecule has 0 aromatic heterocycles. The molecule has 0 aromatic rings. The highest BCUT2D eigenvalue weighted by atomic mass is 28.3. The van der Waals surface area contributed by atoms with Gasteiger partial charge in [-0.05, 0) is 12.1 Å². The van der Waals surface area contributed by atoms with E-state index in [1.165, 1.54) is 12.1 Å². The molecule has 0 amide bonds. The fourth-order valence-corrected chi connectivity index (χ4v) is 1.46. The Morgan fingerprint density at radius 1 is 1.50 bits per heavy atom. The van der Waals surface area contributed by atoms with Crippen LogP contribution in [0.5, 0.6) is 0 Å². The molecule has 14 heavy (non-hydrogen) atoms. The fraction of sp³-hybridized carbons (Fsp3) is 0.667. The maximum atomic E-state index is 6.91. The number of ether oxygens (including phenoxy) is 1. The molecular weight excluding hydrogens is 194 g/mol. The molecule has 0 aliphatic rings. The van der Waals surface area contributed by atoms with E-state index in [1.807, 2.05) is 0 Å². The quantitative estimate of drug-likeness (QED) is 0.197. The van der Waals surface area contributed by atoms with E-state index in [9.17, 15) is 0 Å². The lowest BCUT2D eigenvalue weighted by Crippen LogP contribution is -2.23. The summed E-state index contributed by atoms with van der Waals surface area (Å²) in [5.41, 5.74) is 5.11. The Morgan fingerprint density at radius 2 is 2.14 bits per heavy atom. The van der Waals surface area contributed by atoms with Crippen LogP contribution in [-0.4, -0.2) is 27.2 Å². The van der Waals surface area contributed by atoms with Crippen molar-refractivity contribution in [2.45, 2.75) is 25.7 Å². The lowest BCUT2D eigenvalue weighted by Gasteiger charge is -2.15. The predicted octanol–water partition coefficient (Wildman–Crippen LogP) is 1.34. The fourth-order valence-electron chi connectivity index (χ4n) is 0.706. The molecule has 0 rings (SSSR count). The van der Waals surface area contributed by atoms with Crippen LogP contribution in [0.4, 0.5) is 0 Å². The normalized spacial score (nSPS) is 11.9. The predicted molar refractivity (Wildman–Crippen MR) is 63.2 cm³/mol. The van der Waals surface area contributed by atoms with Crippen molar-refractivity contribution in [1.82, 2.24) is 5.32 Å². The summed E-state index contributed by atoms with van der Waals surface area (Å²) >= 11 is 0. The third-order valence-corrected chi connectivity index (χ3v) is 3.27. The summed E-state index contributed by atoms with van der Waals surface area (Å²) in [6, 6.07) is 1.17. The van der Waals surface area contributed by atoms with E-state index in [0.29, 0.717) is 6.73 Å². The summed E-state index contributed by atoms with van der Waals surface area (Å²) in [5.74, 6) is 0.0413. The standard InChI is InChI=1S/C9H21N3OSi/c1-14(2,3)7-6-13-8-12-5-4-9(10)11/h4-5,12H,6-8H2,1-3H3,(H3,10,11)/b5-4-. The van der Waals surface area contributed by atoms with Gasteiger partial charge in [0.2, 0.25) is 0 Å². The van der Waals surface area contributed by atoms with Crippen LogP contribution in [0.3, 0.4) is 0 Å². The maximum Gasteiger partial charge on any atom is 0.116 e. The first-order chi connectivity index (χ1) is 6.42. The van der Waals surface area contributed by atoms with Crippen molar-refractivity contribution in [3.8, 4) is 0 Å². The van der Waals surface area contributed by atoms with E-state index >= 15 is 0 Å². The van der Waals surface area contributed by atoms with Gasteiger partial charge < -0.3 is 15.8 Å². The van der Waals surface area contributed by atoms with Crippen molar-refractivity contribution < 1.29 is 4.74 Å². The molecule has 0 unspecified atom stereocenters. The van der Waals surface area contributed by atoms with Gasteiger partial charge in [-0.3, -0.25) is 5.41 Å². The summed E-state index contributed by atoms with van der Waals surface area (Å²) < 4.78 is 5.35. The number of amidine groups is 1. The zero-order chi connectivity index (χ0) is 11.0. The topological polar surface area (TPSA) is 71.1 Å². The number of hydrogen-bond acceptors (Lipinski definition) is 3. The summed E-state index contributed by atoms with van der Waals surface area (Å²) in [6.07, 6.45) is 3.11. The number of nitrogens with two attached hydrogens (primary N) is 1. The lowest BCUT2D eigenvalue weighted by molar-refractivity contribution is 0.137. The van der Waals surface area contributed by atoms with Crippen molar-refractivity contribution >= 4 is 13.9 Å². The number of nitrogens with one attached hydrogen (secondary N) is 2. The molecular formula is C9H21N3OSi. The van der Waals surface area contributed by atoms with Crippen molar-refractivity contribution in [3.05, 3.63) is 12.3 Å². The average Bonchev–Trinajstić information content (AvgIpc) is 2.00. The maximum absolute atomic E-state index is 6.91. The zero-order valence-electron chi connectivity index (χ0n) is 9.26. The van der Waals surface area contributed by atoms with Crippen molar-refractivity contribution in [2.75, 3.05) is 13.3 Å². The molecule has 0 fully saturated rings. The van der Waals surface area contributed by atoms with Gasteiger partial charge in [-0.2, -0.15) is 0 Å². The van der Waals surface area contributed by atoms with Gasteiger partial charge in [0.05, 0.1) is 0 Å². The highest BCUT2D eigenvalue weighted by molar-refractivity contribution is 6.76. The molecule has 82 valence electrons. The first-order valence-corrected chi connectivity index (χ1v) is 8.44. The van der Waals surface area contributed by atoms with Gasteiger partial charge in [0.15, 0.2) is 0 Å². The molecule has 0 aromatic carbocycles. The summed E-state index contributed by atoms with van der Waals surface area (Å²) in [4.78, 5) is 0. The lowest BCUT2D eigenvalue weighted by atomic mass is 10.6. The first kappa shape index (κ1) is 13.2. The van der Waals surface area contributed by atoms with Crippen LogP contribution >= 0.6 is 0 Å². The van der Waals surface area contributed by atoms with Gasteiger partial charge >= 0.3 is 0 Å². The van der Waals surface area contributed by atoms with Crippen molar-refractivity contribution in [1.29, 1.82) is 5.41 Å². The highest BCUT2D eigenvalue weighted by Crippen LogP contribution is 2.06. The molecule has 4 nitrogen and oxygen atoms in total. The van der Waals surface area contributed by atoms with Gasteiger partial charge in [-0.1, -0.05) is 19.6 Å². The Labute approximate surface area is 87.0 Å². The van der Waals surface area contributed by atoms with E-state index in [4.69, 9.17) is 15.9 Å². The van der Waals surface area contributed by atoms with Crippen molar-refractivity contribution in [3.63, 3.8) is 0 Å². The van der Waals surface area contributed by atoms with Gasteiger partial charge in [-0.25, -0.2) is 0 Å². The van der Waals surface area contributed by atoms with Gasteiger partial charge in [0.25, 0.3) is 0 Å². The monoisotopic (exact) mass is 215 g/mol. The average molecular weight is 215 g/mol. The van der Waals surface area contributed by atoms with Crippen LogP contribution in [0.25, 0.3) is 0 Å². The Morgan fingerprint density at radius 3 is 2.64 bits per heavy atom. The van der Waals surface area contributed by atoms with Gasteiger partial charge in [0, 0.05) is 20.9 Å². The number of hydrogen-bond donors (Lipinski definition) is 3. The Kier molecular flexibility index (Phi) is 6.23. The molecule has 0 radical (unpaired) electrons. The molecule has 0 saturated heterocycles. The molecule has 0 aliphatic heterocycles. The van der Waals surface area contributed by atoms with Crippen molar-refractivity contribution in [2.24, 2.45) is 5.73 Å². The second-order valence-corrected chi connectivity index (χ2v) is 9.98. The first-order valence-electron chi connectivity index (χ1n) is 4.73. The number of rotatable bonds is 7. The third kappa shape index (κ3) is 11.2. The van der Waals surface area contributed by atoms with E-state index in [2.05, 4.69) is 25.0 Å². The molecule has 5 heteroatoms. The molecule has 4 N–H and O–H groups in total. The molecule has 0 aliphatic carbocycles. The minimum atomic E-state index is -0.968. The second-order valence-electron chi connectivity index (χ2n) is 4.36. The minimum absolute atomic E-state index is 0.0413. The Balaban J connectivity index is 3.27. The third-order valence-electron chi connectivity index (χ3n) is 1.56. The molecule has 0 bridgehead atoms. The van der Waals surface area contributed by atoms with Crippen LogP contribution in [0.2, 0.25) is 25.7 Å². The SMILES string of the molecule is C[Si](C)(C)CCOCN/C=C\C(=N)N. The van der Waals surface area contributed by atoms with Crippen LogP contribution in [0.1, 0.15) is 0 Å². The molecule has 0 spiro atoms. The van der Waals surface area contributed by atoms with E-state index in [1.54, 1.807) is 6.20 Å². The van der Waals surface area contributed by atoms with Gasteiger partial charge in [0.1, 0.15) is 12.6 Å². The minimum Gasteiger partial charge on any atom is -0.384 e. The smallest absolute Gasteiger partial charge is 0.116 e. The van der Waals surface area contributed by atoms with Crippen LogP contribution in [-0.2, 0) is 4.74 Å². The molecule has 0 saturated carbocycles. The summed E-state index contributed by atoms with van der Waals surface area (Å²) in [5, 5.41) is 9.80. The largest absolute Gasteiger partial charge is 0.384 e. The van der Waals surface area contributed by atoms with E-state index < -0.39 is 8.07 Å².